The number of nitrogens with two attached hydrogens (primary N) is 1. The molecule has 23 heavy (non-hydrogen) atoms. The normalized spacial score (nSPS) is 12.3. The standard InChI is InChI=1S/C14H10F6N2O/c15-13(16,17)7-3-8(14(18,19)20)5-10(4-7)22-9-1-2-12(23)11(21)6-9/h1-6,22-23H,21H2. The summed E-state index contributed by atoms with van der Waals surface area (Å²) < 4.78 is 76.5. The average Bonchev–Trinajstić information content (AvgIpc) is 2.41. The molecule has 0 saturated carbocycles. The molecule has 0 aliphatic carbocycles. The van der Waals surface area contributed by atoms with Gasteiger partial charge in [-0.2, -0.15) is 26.3 Å². The number of nitrogen functional groups attached to an aromatic ring is 1. The molecule has 0 unspecified atom stereocenters. The average molecular weight is 336 g/mol. The van der Waals surface area contributed by atoms with Crippen molar-refractivity contribution in [1.29, 1.82) is 0 Å². The SMILES string of the molecule is Nc1cc(Nc2cc(C(F)(F)F)cc(C(F)(F)F)c2)ccc1O. The topological polar surface area (TPSA) is 58.3 Å². The fourth-order valence-corrected chi connectivity index (χ4v) is 1.83. The van der Waals surface area contributed by atoms with Gasteiger partial charge in [0.2, 0.25) is 0 Å². The number of phenolic OH excluding ortho intramolecular Hbond substituents is 1. The summed E-state index contributed by atoms with van der Waals surface area (Å²) in [6.45, 7) is 0. The van der Waals surface area contributed by atoms with Gasteiger partial charge < -0.3 is 16.2 Å². The van der Waals surface area contributed by atoms with E-state index in [0.717, 1.165) is 6.07 Å². The fourth-order valence-electron chi connectivity index (χ4n) is 1.83. The van der Waals surface area contributed by atoms with Crippen LogP contribution in [0.1, 0.15) is 11.1 Å². The Hall–Kier alpha value is -2.58. The summed E-state index contributed by atoms with van der Waals surface area (Å²) in [7, 11) is 0. The van der Waals surface area contributed by atoms with Gasteiger partial charge in [0.1, 0.15) is 5.75 Å². The van der Waals surface area contributed by atoms with Crippen LogP contribution in [0.2, 0.25) is 0 Å². The van der Waals surface area contributed by atoms with Crippen LogP contribution in [0.15, 0.2) is 36.4 Å². The number of rotatable bonds is 2. The van der Waals surface area contributed by atoms with Crippen LogP contribution in [0.4, 0.5) is 43.4 Å². The van der Waals surface area contributed by atoms with Gasteiger partial charge in [-0.05, 0) is 36.4 Å². The molecule has 9 heteroatoms. The van der Waals surface area contributed by atoms with Gasteiger partial charge in [-0.25, -0.2) is 0 Å². The van der Waals surface area contributed by atoms with Crippen molar-refractivity contribution >= 4 is 17.1 Å². The van der Waals surface area contributed by atoms with Crippen molar-refractivity contribution in [3.63, 3.8) is 0 Å². The number of hydrogen-bond acceptors (Lipinski definition) is 3. The van der Waals surface area contributed by atoms with Crippen LogP contribution in [0.3, 0.4) is 0 Å². The molecule has 0 aromatic heterocycles. The molecule has 0 saturated heterocycles. The van der Waals surface area contributed by atoms with Crippen molar-refractivity contribution in [1.82, 2.24) is 0 Å². The first kappa shape index (κ1) is 16.8. The molecule has 0 aliphatic heterocycles. The first-order chi connectivity index (χ1) is 10.5. The predicted molar refractivity (Wildman–Crippen MR) is 72.2 cm³/mol. The highest BCUT2D eigenvalue weighted by atomic mass is 19.4. The number of alkyl halides is 6. The van der Waals surface area contributed by atoms with E-state index in [1.165, 1.54) is 12.1 Å². The Labute approximate surface area is 126 Å². The van der Waals surface area contributed by atoms with Gasteiger partial charge >= 0.3 is 12.4 Å². The smallest absolute Gasteiger partial charge is 0.416 e. The Balaban J connectivity index is 2.46. The van der Waals surface area contributed by atoms with Crippen LogP contribution in [-0.2, 0) is 12.4 Å². The molecule has 0 atom stereocenters. The maximum atomic E-state index is 12.7. The van der Waals surface area contributed by atoms with Crippen LogP contribution >= 0.6 is 0 Å². The lowest BCUT2D eigenvalue weighted by atomic mass is 10.1. The van der Waals surface area contributed by atoms with Gasteiger partial charge in [0.25, 0.3) is 0 Å². The summed E-state index contributed by atoms with van der Waals surface area (Å²) in [5.41, 5.74) is 2.22. The number of anilines is 3. The molecule has 2 aromatic carbocycles. The van der Waals surface area contributed by atoms with E-state index in [0.29, 0.717) is 12.1 Å². The summed E-state index contributed by atoms with van der Waals surface area (Å²) in [4.78, 5) is 0. The van der Waals surface area contributed by atoms with E-state index in [2.05, 4.69) is 5.32 Å². The minimum absolute atomic E-state index is 0.0381. The van der Waals surface area contributed by atoms with Gasteiger partial charge in [-0.1, -0.05) is 0 Å². The third-order valence-corrected chi connectivity index (χ3v) is 2.90. The maximum absolute atomic E-state index is 12.7. The second kappa shape index (κ2) is 5.56. The Kier molecular flexibility index (Phi) is 4.06. The summed E-state index contributed by atoms with van der Waals surface area (Å²) in [6.07, 6.45) is -9.85. The first-order valence-electron chi connectivity index (χ1n) is 6.12. The van der Waals surface area contributed by atoms with Crippen LogP contribution < -0.4 is 11.1 Å². The van der Waals surface area contributed by atoms with E-state index < -0.39 is 29.2 Å². The molecule has 3 nitrogen and oxygen atoms in total. The lowest BCUT2D eigenvalue weighted by Crippen LogP contribution is -2.11. The second-order valence-corrected chi connectivity index (χ2v) is 4.69. The predicted octanol–water partition coefficient (Wildman–Crippen LogP) is 4.76. The summed E-state index contributed by atoms with van der Waals surface area (Å²) in [6, 6.07) is 4.75. The molecule has 124 valence electrons. The molecule has 0 spiro atoms. The Bertz CT molecular complexity index is 692. The number of nitrogens with one attached hydrogen (secondary N) is 1. The van der Waals surface area contributed by atoms with E-state index in [9.17, 15) is 31.4 Å². The lowest BCUT2D eigenvalue weighted by Gasteiger charge is -2.15. The van der Waals surface area contributed by atoms with Gasteiger partial charge in [0, 0.05) is 11.4 Å². The number of hydrogen-bond donors (Lipinski definition) is 3. The Morgan fingerprint density at radius 3 is 1.74 bits per heavy atom. The lowest BCUT2D eigenvalue weighted by molar-refractivity contribution is -0.143. The molecule has 0 bridgehead atoms. The zero-order valence-corrected chi connectivity index (χ0v) is 11.3. The van der Waals surface area contributed by atoms with Gasteiger partial charge in [0.15, 0.2) is 0 Å². The number of phenols is 1. The van der Waals surface area contributed by atoms with Crippen LogP contribution in [0.5, 0.6) is 5.75 Å². The molecule has 0 heterocycles. The Morgan fingerprint density at radius 1 is 0.783 bits per heavy atom. The van der Waals surface area contributed by atoms with Crippen molar-refractivity contribution in [3.05, 3.63) is 47.5 Å². The molecule has 0 amide bonds. The maximum Gasteiger partial charge on any atom is 0.416 e. The minimum Gasteiger partial charge on any atom is -0.506 e. The highest BCUT2D eigenvalue weighted by molar-refractivity contribution is 5.68. The summed E-state index contributed by atoms with van der Waals surface area (Å²) in [5.74, 6) is -0.254. The third-order valence-electron chi connectivity index (χ3n) is 2.90. The zero-order valence-electron chi connectivity index (χ0n) is 11.3. The van der Waals surface area contributed by atoms with E-state index in [1.54, 1.807) is 0 Å². The quantitative estimate of drug-likeness (QED) is 0.321. The van der Waals surface area contributed by atoms with Crippen LogP contribution in [0, 0.1) is 0 Å². The number of aromatic hydroxyl groups is 1. The molecular formula is C14H10F6N2O. The molecule has 0 radical (unpaired) electrons. The van der Waals surface area contributed by atoms with E-state index >= 15 is 0 Å². The van der Waals surface area contributed by atoms with E-state index in [1.807, 2.05) is 0 Å². The van der Waals surface area contributed by atoms with Gasteiger partial charge in [-0.15, -0.1) is 0 Å². The third kappa shape index (κ3) is 3.99. The second-order valence-electron chi connectivity index (χ2n) is 4.69. The minimum atomic E-state index is -4.92. The molecular weight excluding hydrogens is 326 g/mol. The van der Waals surface area contributed by atoms with E-state index in [-0.39, 0.29) is 23.2 Å². The molecule has 2 rings (SSSR count). The van der Waals surface area contributed by atoms with Crippen molar-refractivity contribution < 1.29 is 31.4 Å². The fraction of sp³-hybridized carbons (Fsp3) is 0.143. The molecule has 4 N–H and O–H groups in total. The molecule has 0 fully saturated rings. The van der Waals surface area contributed by atoms with Gasteiger partial charge in [-0.3, -0.25) is 0 Å². The van der Waals surface area contributed by atoms with E-state index in [4.69, 9.17) is 5.73 Å². The number of benzene rings is 2. The summed E-state index contributed by atoms with van der Waals surface area (Å²) >= 11 is 0. The van der Waals surface area contributed by atoms with Crippen molar-refractivity contribution in [2.24, 2.45) is 0 Å². The first-order valence-corrected chi connectivity index (χ1v) is 6.12. The van der Waals surface area contributed by atoms with Crippen molar-refractivity contribution in [2.45, 2.75) is 12.4 Å². The monoisotopic (exact) mass is 336 g/mol. The van der Waals surface area contributed by atoms with Crippen molar-refractivity contribution in [3.8, 4) is 5.75 Å². The highest BCUT2D eigenvalue weighted by Crippen LogP contribution is 2.38. The summed E-state index contributed by atoms with van der Waals surface area (Å²) in [5, 5.41) is 11.7. The number of halogens is 6. The van der Waals surface area contributed by atoms with Gasteiger partial charge in [0.05, 0.1) is 16.8 Å². The largest absolute Gasteiger partial charge is 0.506 e. The molecule has 2 aromatic rings. The van der Waals surface area contributed by atoms with Crippen LogP contribution in [-0.4, -0.2) is 5.11 Å². The highest BCUT2D eigenvalue weighted by Gasteiger charge is 2.36. The zero-order chi connectivity index (χ0) is 17.4. The van der Waals surface area contributed by atoms with Crippen LogP contribution in [0.25, 0.3) is 0 Å². The Morgan fingerprint density at radius 2 is 1.30 bits per heavy atom. The van der Waals surface area contributed by atoms with Crippen molar-refractivity contribution in [2.75, 3.05) is 11.1 Å². The molecule has 0 aliphatic rings.